The third-order valence-electron chi connectivity index (χ3n) is 2.86. The van der Waals surface area contributed by atoms with Crippen molar-refractivity contribution in [1.29, 1.82) is 0 Å². The summed E-state index contributed by atoms with van der Waals surface area (Å²) in [6, 6.07) is 0. The molecule has 0 spiro atoms. The zero-order chi connectivity index (χ0) is 17.5. The van der Waals surface area contributed by atoms with Gasteiger partial charge in [-0.2, -0.15) is 0 Å². The Labute approximate surface area is 136 Å². The van der Waals surface area contributed by atoms with E-state index in [0.29, 0.717) is 19.8 Å². The van der Waals surface area contributed by atoms with Crippen LogP contribution in [0.25, 0.3) is 0 Å². The largest absolute Gasteiger partial charge is 0.394 e. The molecule has 5 heteroatoms. The fraction of sp³-hybridized carbons (Fsp3) is 1.00. The molecular weight excluding hydrogens is 284 g/mol. The van der Waals surface area contributed by atoms with Crippen LogP contribution in [0.3, 0.4) is 0 Å². The average molecular weight is 322 g/mol. The van der Waals surface area contributed by atoms with Crippen LogP contribution in [0.4, 0.5) is 0 Å². The van der Waals surface area contributed by atoms with Gasteiger partial charge in [0, 0.05) is 0 Å². The third kappa shape index (κ3) is 22.1. The summed E-state index contributed by atoms with van der Waals surface area (Å²) >= 11 is 0. The lowest BCUT2D eigenvalue weighted by molar-refractivity contribution is -0.0945. The highest BCUT2D eigenvalue weighted by Gasteiger charge is 2.23. The Balaban J connectivity index is 0. The first-order chi connectivity index (χ1) is 10.2. The van der Waals surface area contributed by atoms with E-state index >= 15 is 0 Å². The molecule has 0 aromatic carbocycles. The minimum atomic E-state index is -0.666. The molecule has 0 saturated heterocycles. The van der Waals surface area contributed by atoms with Crippen LogP contribution in [-0.4, -0.2) is 59.6 Å². The molecule has 0 aliphatic carbocycles. The quantitative estimate of drug-likeness (QED) is 0.509. The monoisotopic (exact) mass is 322 g/mol. The van der Waals surface area contributed by atoms with Gasteiger partial charge >= 0.3 is 0 Å². The average Bonchev–Trinajstić information content (AvgIpc) is 2.42. The first-order valence-electron chi connectivity index (χ1n) is 8.34. The summed E-state index contributed by atoms with van der Waals surface area (Å²) in [6.07, 6.45) is 5.64. The van der Waals surface area contributed by atoms with Crippen LogP contribution in [0, 0.1) is 0 Å². The summed E-state index contributed by atoms with van der Waals surface area (Å²) in [5, 5.41) is 26.2. The van der Waals surface area contributed by atoms with E-state index in [1.54, 1.807) is 0 Å². The van der Waals surface area contributed by atoms with Crippen molar-refractivity contribution in [3.63, 3.8) is 0 Å². The Kier molecular flexibility index (Phi) is 15.7. The highest BCUT2D eigenvalue weighted by atomic mass is 16.5. The molecule has 22 heavy (non-hydrogen) atoms. The van der Waals surface area contributed by atoms with Crippen LogP contribution in [0.5, 0.6) is 0 Å². The van der Waals surface area contributed by atoms with Gasteiger partial charge in [0.05, 0.1) is 44.2 Å². The predicted molar refractivity (Wildman–Crippen MR) is 90.1 cm³/mol. The maximum absolute atomic E-state index is 10.1. The number of rotatable bonds is 11. The maximum atomic E-state index is 10.1. The van der Waals surface area contributed by atoms with Gasteiger partial charge in [0.15, 0.2) is 0 Å². The van der Waals surface area contributed by atoms with Crippen molar-refractivity contribution in [2.45, 2.75) is 77.9 Å². The second kappa shape index (κ2) is 14.4. The van der Waals surface area contributed by atoms with E-state index in [2.05, 4.69) is 11.7 Å². The van der Waals surface area contributed by atoms with E-state index in [4.69, 9.17) is 14.9 Å². The summed E-state index contributed by atoms with van der Waals surface area (Å²) in [7, 11) is 0. The number of aliphatic hydroxyl groups is 3. The fourth-order valence-electron chi connectivity index (χ4n) is 1.61. The molecule has 0 aliphatic heterocycles. The molecular formula is C17H38O5. The molecule has 0 aliphatic rings. The molecule has 0 heterocycles. The molecule has 3 N–H and O–H groups in total. The summed E-state index contributed by atoms with van der Waals surface area (Å²) < 4.78 is 10.2. The Morgan fingerprint density at radius 1 is 0.864 bits per heavy atom. The van der Waals surface area contributed by atoms with Crippen molar-refractivity contribution < 1.29 is 24.8 Å². The van der Waals surface area contributed by atoms with Crippen molar-refractivity contribution in [3.8, 4) is 0 Å². The topological polar surface area (TPSA) is 79.2 Å². The fourth-order valence-corrected chi connectivity index (χ4v) is 1.61. The molecule has 1 atom stereocenters. The lowest BCUT2D eigenvalue weighted by Crippen LogP contribution is -2.35. The van der Waals surface area contributed by atoms with E-state index < -0.39 is 5.60 Å². The summed E-state index contributed by atoms with van der Waals surface area (Å²) in [6.45, 7) is 11.2. The standard InChI is InChI=1S/C13H28O2.C4H10O3/c1-6-7-8-9-10-13(5,14)11-15-12(2,3)4;5-1-3-7-4-2-6/h14H,6-11H2,1-5H3;5-6H,1-4H2. The van der Waals surface area contributed by atoms with Gasteiger partial charge in [-0.15, -0.1) is 0 Å². The van der Waals surface area contributed by atoms with Gasteiger partial charge in [0.1, 0.15) is 0 Å². The molecule has 0 radical (unpaired) electrons. The molecule has 0 saturated carbocycles. The summed E-state index contributed by atoms with van der Waals surface area (Å²) in [4.78, 5) is 0. The summed E-state index contributed by atoms with van der Waals surface area (Å²) in [5.74, 6) is 0. The Morgan fingerprint density at radius 2 is 1.41 bits per heavy atom. The molecule has 0 aromatic heterocycles. The third-order valence-corrected chi connectivity index (χ3v) is 2.86. The Hall–Kier alpha value is -0.200. The predicted octanol–water partition coefficient (Wildman–Crippen LogP) is 2.51. The lowest BCUT2D eigenvalue weighted by Gasteiger charge is -2.28. The van der Waals surface area contributed by atoms with E-state index in [0.717, 1.165) is 12.8 Å². The van der Waals surface area contributed by atoms with Crippen molar-refractivity contribution in [1.82, 2.24) is 0 Å². The smallest absolute Gasteiger partial charge is 0.0852 e. The second-order valence-electron chi connectivity index (χ2n) is 6.77. The second-order valence-corrected chi connectivity index (χ2v) is 6.77. The molecule has 136 valence electrons. The highest BCUT2D eigenvalue weighted by Crippen LogP contribution is 2.18. The molecule has 0 aromatic rings. The van der Waals surface area contributed by atoms with Gasteiger partial charge in [0.25, 0.3) is 0 Å². The van der Waals surface area contributed by atoms with Crippen molar-refractivity contribution in [3.05, 3.63) is 0 Å². The van der Waals surface area contributed by atoms with Gasteiger partial charge in [-0.3, -0.25) is 0 Å². The van der Waals surface area contributed by atoms with Crippen LogP contribution < -0.4 is 0 Å². The molecule has 5 nitrogen and oxygen atoms in total. The minimum absolute atomic E-state index is 0.0278. The normalized spacial score (nSPS) is 14.2. The summed E-state index contributed by atoms with van der Waals surface area (Å²) in [5.41, 5.74) is -0.825. The molecule has 1 unspecified atom stereocenters. The zero-order valence-electron chi connectivity index (χ0n) is 15.2. The lowest BCUT2D eigenvalue weighted by atomic mass is 9.98. The maximum Gasteiger partial charge on any atom is 0.0852 e. The van der Waals surface area contributed by atoms with E-state index in [1.807, 2.05) is 27.7 Å². The van der Waals surface area contributed by atoms with Crippen LogP contribution in [-0.2, 0) is 9.47 Å². The number of hydrogen-bond acceptors (Lipinski definition) is 5. The molecule has 0 rings (SSSR count). The Bertz CT molecular complexity index is 220. The number of unbranched alkanes of at least 4 members (excludes halogenated alkanes) is 3. The van der Waals surface area contributed by atoms with Crippen LogP contribution in [0.15, 0.2) is 0 Å². The molecule has 0 amide bonds. The van der Waals surface area contributed by atoms with Gasteiger partial charge in [-0.1, -0.05) is 32.6 Å². The minimum Gasteiger partial charge on any atom is -0.394 e. The van der Waals surface area contributed by atoms with Crippen LogP contribution in [0.2, 0.25) is 0 Å². The van der Waals surface area contributed by atoms with E-state index in [1.165, 1.54) is 19.3 Å². The number of ether oxygens (including phenoxy) is 2. The molecule has 0 bridgehead atoms. The van der Waals surface area contributed by atoms with Gasteiger partial charge in [-0.05, 0) is 34.1 Å². The highest BCUT2D eigenvalue weighted by molar-refractivity contribution is 4.73. The van der Waals surface area contributed by atoms with E-state index in [9.17, 15) is 5.11 Å². The number of hydrogen-bond donors (Lipinski definition) is 3. The van der Waals surface area contributed by atoms with Crippen LogP contribution in [0.1, 0.15) is 66.7 Å². The van der Waals surface area contributed by atoms with Gasteiger partial charge in [0.2, 0.25) is 0 Å². The van der Waals surface area contributed by atoms with E-state index in [-0.39, 0.29) is 18.8 Å². The van der Waals surface area contributed by atoms with Gasteiger partial charge < -0.3 is 24.8 Å². The zero-order valence-corrected chi connectivity index (χ0v) is 15.2. The van der Waals surface area contributed by atoms with Crippen molar-refractivity contribution >= 4 is 0 Å². The SMILES string of the molecule is CCCCCCC(C)(O)COC(C)(C)C.OCCOCCO. The molecule has 0 fully saturated rings. The van der Waals surface area contributed by atoms with Crippen LogP contribution >= 0.6 is 0 Å². The van der Waals surface area contributed by atoms with Crippen molar-refractivity contribution in [2.24, 2.45) is 0 Å². The first kappa shape index (κ1) is 24.1. The van der Waals surface area contributed by atoms with Gasteiger partial charge in [-0.25, -0.2) is 0 Å². The Morgan fingerprint density at radius 3 is 1.82 bits per heavy atom. The first-order valence-corrected chi connectivity index (χ1v) is 8.34. The number of aliphatic hydroxyl groups excluding tert-OH is 2. The van der Waals surface area contributed by atoms with Crippen molar-refractivity contribution in [2.75, 3.05) is 33.0 Å².